The molecule has 1 aromatic carbocycles. The van der Waals surface area contributed by atoms with Crippen LogP contribution in [0, 0.1) is 0 Å². The summed E-state index contributed by atoms with van der Waals surface area (Å²) in [5, 5.41) is 0. The maximum absolute atomic E-state index is 11.1. The number of hydrogen-bond acceptors (Lipinski definition) is 2. The number of rotatable bonds is 7. The van der Waals surface area contributed by atoms with E-state index in [1.165, 1.54) is 0 Å². The van der Waals surface area contributed by atoms with Crippen molar-refractivity contribution < 1.29 is 9.53 Å². The van der Waals surface area contributed by atoms with E-state index < -0.39 is 12.0 Å². The lowest BCUT2D eigenvalue weighted by molar-refractivity contribution is -0.130. The molecule has 0 heterocycles. The van der Waals surface area contributed by atoms with Gasteiger partial charge in [0.1, 0.15) is 6.10 Å². The lowest BCUT2D eigenvalue weighted by Crippen LogP contribution is -2.31. The summed E-state index contributed by atoms with van der Waals surface area (Å²) in [5.74, 6) is 0.0828. The van der Waals surface area contributed by atoms with Gasteiger partial charge in [0.25, 0.3) is 0 Å². The number of amides is 1. The maximum Gasteiger partial charge on any atom is 0.246 e. The second kappa shape index (κ2) is 7.25. The van der Waals surface area contributed by atoms with Gasteiger partial charge >= 0.3 is 0 Å². The molecular formula is C12H16ClNO2. The Morgan fingerprint density at radius 1 is 1.38 bits per heavy atom. The van der Waals surface area contributed by atoms with Gasteiger partial charge in [-0.2, -0.15) is 0 Å². The number of hydrogen-bond donors (Lipinski definition) is 1. The molecule has 4 heteroatoms. The van der Waals surface area contributed by atoms with E-state index in [4.69, 9.17) is 22.1 Å². The SMILES string of the molecule is NC(=O)C(CCCCl)OCc1ccccc1. The summed E-state index contributed by atoms with van der Waals surface area (Å²) in [7, 11) is 0. The molecule has 0 aliphatic carbocycles. The highest BCUT2D eigenvalue weighted by Gasteiger charge is 2.14. The number of carbonyl (C=O) groups is 1. The second-order valence-corrected chi connectivity index (χ2v) is 3.90. The molecule has 1 aromatic rings. The van der Waals surface area contributed by atoms with Gasteiger partial charge in [-0.25, -0.2) is 0 Å². The monoisotopic (exact) mass is 241 g/mol. The molecule has 3 nitrogen and oxygen atoms in total. The van der Waals surface area contributed by atoms with Gasteiger partial charge in [-0.15, -0.1) is 11.6 Å². The second-order valence-electron chi connectivity index (χ2n) is 3.52. The molecule has 88 valence electrons. The van der Waals surface area contributed by atoms with Gasteiger partial charge in [-0.05, 0) is 18.4 Å². The zero-order valence-electron chi connectivity index (χ0n) is 9.06. The summed E-state index contributed by atoms with van der Waals surface area (Å²) >= 11 is 5.56. The van der Waals surface area contributed by atoms with Crippen LogP contribution in [0.15, 0.2) is 30.3 Å². The number of carbonyl (C=O) groups excluding carboxylic acids is 1. The maximum atomic E-state index is 11.1. The summed E-state index contributed by atoms with van der Waals surface area (Å²) in [4.78, 5) is 11.1. The van der Waals surface area contributed by atoms with Crippen molar-refractivity contribution in [3.8, 4) is 0 Å². The highest BCUT2D eigenvalue weighted by molar-refractivity contribution is 6.17. The number of alkyl halides is 1. The van der Waals surface area contributed by atoms with E-state index in [1.807, 2.05) is 30.3 Å². The van der Waals surface area contributed by atoms with Crippen molar-refractivity contribution in [1.29, 1.82) is 0 Å². The van der Waals surface area contributed by atoms with Gasteiger partial charge < -0.3 is 10.5 Å². The van der Waals surface area contributed by atoms with E-state index in [-0.39, 0.29) is 0 Å². The number of ether oxygens (including phenoxy) is 1. The minimum absolute atomic E-state index is 0.400. The Balaban J connectivity index is 2.41. The van der Waals surface area contributed by atoms with Crippen LogP contribution in [0.1, 0.15) is 18.4 Å². The highest BCUT2D eigenvalue weighted by atomic mass is 35.5. The van der Waals surface area contributed by atoms with E-state index >= 15 is 0 Å². The Kier molecular flexibility index (Phi) is 5.90. The molecule has 1 unspecified atom stereocenters. The Morgan fingerprint density at radius 2 is 2.06 bits per heavy atom. The third-order valence-electron chi connectivity index (χ3n) is 2.21. The molecule has 0 radical (unpaired) electrons. The molecule has 0 aliphatic heterocycles. The van der Waals surface area contributed by atoms with E-state index in [9.17, 15) is 4.79 Å². The molecule has 0 saturated heterocycles. The molecule has 1 amide bonds. The molecule has 0 bridgehead atoms. The third-order valence-corrected chi connectivity index (χ3v) is 2.48. The Hall–Kier alpha value is -1.06. The summed E-state index contributed by atoms with van der Waals surface area (Å²) in [6, 6.07) is 9.68. The lowest BCUT2D eigenvalue weighted by atomic mass is 10.2. The van der Waals surface area contributed by atoms with Crippen LogP contribution in [0.2, 0.25) is 0 Å². The molecule has 0 spiro atoms. The van der Waals surface area contributed by atoms with Crippen LogP contribution < -0.4 is 5.73 Å². The van der Waals surface area contributed by atoms with Crippen molar-refractivity contribution in [2.45, 2.75) is 25.6 Å². The average molecular weight is 242 g/mol. The minimum Gasteiger partial charge on any atom is -0.367 e. The van der Waals surface area contributed by atoms with E-state index in [2.05, 4.69) is 0 Å². The standard InChI is InChI=1S/C12H16ClNO2/c13-8-4-7-11(12(14)15)16-9-10-5-2-1-3-6-10/h1-3,5-6,11H,4,7-9H2,(H2,14,15). The van der Waals surface area contributed by atoms with Gasteiger partial charge in [-0.1, -0.05) is 30.3 Å². The van der Waals surface area contributed by atoms with Crippen molar-refractivity contribution in [3.05, 3.63) is 35.9 Å². The number of halogens is 1. The van der Waals surface area contributed by atoms with Crippen molar-refractivity contribution in [1.82, 2.24) is 0 Å². The molecule has 0 saturated carbocycles. The smallest absolute Gasteiger partial charge is 0.246 e. The van der Waals surface area contributed by atoms with Crippen LogP contribution in [-0.4, -0.2) is 17.9 Å². The fraction of sp³-hybridized carbons (Fsp3) is 0.417. The van der Waals surface area contributed by atoms with E-state index in [0.29, 0.717) is 18.9 Å². The topological polar surface area (TPSA) is 52.3 Å². The quantitative estimate of drug-likeness (QED) is 0.743. The van der Waals surface area contributed by atoms with Crippen LogP contribution in [-0.2, 0) is 16.1 Å². The first kappa shape index (κ1) is 13.0. The van der Waals surface area contributed by atoms with Gasteiger partial charge in [0, 0.05) is 5.88 Å². The first-order chi connectivity index (χ1) is 7.74. The Morgan fingerprint density at radius 3 is 2.62 bits per heavy atom. The Bertz CT molecular complexity index is 316. The van der Waals surface area contributed by atoms with Crippen molar-refractivity contribution in [2.75, 3.05) is 5.88 Å². The summed E-state index contributed by atoms with van der Waals surface area (Å²) < 4.78 is 5.46. The lowest BCUT2D eigenvalue weighted by Gasteiger charge is -2.13. The van der Waals surface area contributed by atoms with Crippen LogP contribution in [0.5, 0.6) is 0 Å². The van der Waals surface area contributed by atoms with Crippen LogP contribution in [0.25, 0.3) is 0 Å². The van der Waals surface area contributed by atoms with Gasteiger partial charge in [0.15, 0.2) is 0 Å². The van der Waals surface area contributed by atoms with E-state index in [0.717, 1.165) is 12.0 Å². The van der Waals surface area contributed by atoms with Crippen molar-refractivity contribution in [3.63, 3.8) is 0 Å². The Labute approximate surface area is 101 Å². The van der Waals surface area contributed by atoms with Crippen LogP contribution >= 0.6 is 11.6 Å². The summed E-state index contributed by atoms with van der Waals surface area (Å²) in [5.41, 5.74) is 6.26. The molecule has 16 heavy (non-hydrogen) atoms. The summed E-state index contributed by atoms with van der Waals surface area (Å²) in [6.45, 7) is 0.400. The molecule has 2 N–H and O–H groups in total. The molecule has 1 rings (SSSR count). The molecule has 1 atom stereocenters. The van der Waals surface area contributed by atoms with Gasteiger partial charge in [0.05, 0.1) is 6.61 Å². The molecule has 0 fully saturated rings. The van der Waals surface area contributed by atoms with Crippen molar-refractivity contribution >= 4 is 17.5 Å². The van der Waals surface area contributed by atoms with E-state index in [1.54, 1.807) is 0 Å². The predicted octanol–water partition coefficient (Wildman–Crippen LogP) is 2.08. The zero-order chi connectivity index (χ0) is 11.8. The highest BCUT2D eigenvalue weighted by Crippen LogP contribution is 2.08. The minimum atomic E-state index is -0.543. The third kappa shape index (κ3) is 4.64. The number of primary amides is 1. The van der Waals surface area contributed by atoms with Gasteiger partial charge in [0.2, 0.25) is 5.91 Å². The van der Waals surface area contributed by atoms with Crippen LogP contribution in [0.4, 0.5) is 0 Å². The number of nitrogens with two attached hydrogens (primary N) is 1. The largest absolute Gasteiger partial charge is 0.367 e. The molecular weight excluding hydrogens is 226 g/mol. The normalized spacial score (nSPS) is 12.3. The van der Waals surface area contributed by atoms with Crippen molar-refractivity contribution in [2.24, 2.45) is 5.73 Å². The zero-order valence-corrected chi connectivity index (χ0v) is 9.82. The first-order valence-electron chi connectivity index (χ1n) is 5.25. The molecule has 0 aliphatic rings. The molecule has 0 aromatic heterocycles. The number of benzene rings is 1. The van der Waals surface area contributed by atoms with Gasteiger partial charge in [-0.3, -0.25) is 4.79 Å². The fourth-order valence-electron chi connectivity index (χ4n) is 1.34. The van der Waals surface area contributed by atoms with Crippen LogP contribution in [0.3, 0.4) is 0 Å². The first-order valence-corrected chi connectivity index (χ1v) is 5.78. The predicted molar refractivity (Wildman–Crippen MR) is 64.2 cm³/mol. The fourth-order valence-corrected chi connectivity index (χ4v) is 1.50. The average Bonchev–Trinajstić information content (AvgIpc) is 2.30. The summed E-state index contributed by atoms with van der Waals surface area (Å²) in [6.07, 6.45) is 0.759.